The SMILES string of the molecule is FC(F)CCSOCC(F)F. The minimum atomic E-state index is -2.53. The van der Waals surface area contributed by atoms with Crippen molar-refractivity contribution < 1.29 is 21.7 Å². The molecular formula is C5H8F4OS. The molecule has 0 atom stereocenters. The zero-order chi connectivity index (χ0) is 8.69. The van der Waals surface area contributed by atoms with Gasteiger partial charge in [-0.3, -0.25) is 0 Å². The van der Waals surface area contributed by atoms with Crippen molar-refractivity contribution in [1.82, 2.24) is 0 Å². The summed E-state index contributed by atoms with van der Waals surface area (Å²) < 4.78 is 49.8. The van der Waals surface area contributed by atoms with E-state index in [1.807, 2.05) is 0 Å². The van der Waals surface area contributed by atoms with Crippen LogP contribution in [0, 0.1) is 0 Å². The lowest BCUT2D eigenvalue weighted by Crippen LogP contribution is -2.00. The van der Waals surface area contributed by atoms with Gasteiger partial charge in [0.1, 0.15) is 6.61 Å². The van der Waals surface area contributed by atoms with Crippen molar-refractivity contribution in [3.8, 4) is 0 Å². The molecular weight excluding hydrogens is 184 g/mol. The Balaban J connectivity index is 2.91. The zero-order valence-electron chi connectivity index (χ0n) is 5.60. The summed E-state index contributed by atoms with van der Waals surface area (Å²) >= 11 is 0.650. The van der Waals surface area contributed by atoms with E-state index in [1.165, 1.54) is 0 Å². The van der Waals surface area contributed by atoms with Crippen molar-refractivity contribution in [1.29, 1.82) is 0 Å². The number of alkyl halides is 4. The topological polar surface area (TPSA) is 9.23 Å². The van der Waals surface area contributed by atoms with E-state index in [0.717, 1.165) is 0 Å². The summed E-state index contributed by atoms with van der Waals surface area (Å²) in [5.41, 5.74) is 0. The Morgan fingerprint density at radius 1 is 1.09 bits per heavy atom. The molecule has 0 fully saturated rings. The first-order chi connectivity index (χ1) is 5.13. The van der Waals surface area contributed by atoms with Crippen LogP contribution in [-0.2, 0) is 4.18 Å². The molecule has 1 nitrogen and oxygen atoms in total. The van der Waals surface area contributed by atoms with Crippen molar-refractivity contribution in [3.63, 3.8) is 0 Å². The first-order valence-corrected chi connectivity index (χ1v) is 3.84. The van der Waals surface area contributed by atoms with Gasteiger partial charge in [-0.2, -0.15) is 0 Å². The van der Waals surface area contributed by atoms with Crippen LogP contribution < -0.4 is 0 Å². The van der Waals surface area contributed by atoms with E-state index in [1.54, 1.807) is 0 Å². The van der Waals surface area contributed by atoms with Gasteiger partial charge in [0.15, 0.2) is 0 Å². The molecule has 0 aromatic carbocycles. The lowest BCUT2D eigenvalue weighted by atomic mass is 10.5. The van der Waals surface area contributed by atoms with Crippen LogP contribution in [0.2, 0.25) is 0 Å². The first-order valence-electron chi connectivity index (χ1n) is 2.93. The van der Waals surface area contributed by atoms with Gasteiger partial charge in [-0.05, 0) is 12.0 Å². The van der Waals surface area contributed by atoms with Gasteiger partial charge in [0.05, 0.1) is 0 Å². The van der Waals surface area contributed by atoms with Crippen molar-refractivity contribution in [2.75, 3.05) is 12.4 Å². The Bertz CT molecular complexity index is 80.6. The third kappa shape index (κ3) is 10.0. The van der Waals surface area contributed by atoms with Crippen molar-refractivity contribution in [2.24, 2.45) is 0 Å². The third-order valence-electron chi connectivity index (χ3n) is 0.697. The summed E-state index contributed by atoms with van der Waals surface area (Å²) in [6.45, 7) is -0.700. The smallest absolute Gasteiger partial charge is 0.262 e. The van der Waals surface area contributed by atoms with E-state index in [-0.39, 0.29) is 12.2 Å². The second kappa shape index (κ2) is 6.72. The predicted molar refractivity (Wildman–Crippen MR) is 35.0 cm³/mol. The van der Waals surface area contributed by atoms with Gasteiger partial charge in [-0.15, -0.1) is 0 Å². The van der Waals surface area contributed by atoms with Gasteiger partial charge in [-0.1, -0.05) is 0 Å². The minimum Gasteiger partial charge on any atom is -0.309 e. The summed E-state index contributed by atoms with van der Waals surface area (Å²) in [6.07, 6.45) is -5.25. The first kappa shape index (κ1) is 11.0. The zero-order valence-corrected chi connectivity index (χ0v) is 6.42. The van der Waals surface area contributed by atoms with Crippen LogP contribution in [0.4, 0.5) is 17.6 Å². The van der Waals surface area contributed by atoms with Crippen molar-refractivity contribution >= 4 is 12.0 Å². The Hall–Kier alpha value is 0.0300. The van der Waals surface area contributed by atoms with Gasteiger partial charge in [-0.25, -0.2) is 17.6 Å². The largest absolute Gasteiger partial charge is 0.309 e. The standard InChI is InChI=1S/C5H8F4OS/c6-4(7)1-2-11-10-3-5(8)9/h4-5H,1-3H2. The number of rotatable bonds is 6. The van der Waals surface area contributed by atoms with Crippen LogP contribution in [0.5, 0.6) is 0 Å². The van der Waals surface area contributed by atoms with E-state index in [9.17, 15) is 17.6 Å². The van der Waals surface area contributed by atoms with Gasteiger partial charge in [0.25, 0.3) is 6.43 Å². The van der Waals surface area contributed by atoms with Gasteiger partial charge < -0.3 is 4.18 Å². The monoisotopic (exact) mass is 192 g/mol. The fourth-order valence-corrected chi connectivity index (χ4v) is 0.887. The predicted octanol–water partition coefficient (Wildman–Crippen LogP) is 2.57. The molecule has 0 aromatic rings. The normalized spacial score (nSPS) is 11.5. The molecule has 0 unspecified atom stereocenters. The van der Waals surface area contributed by atoms with E-state index >= 15 is 0 Å². The molecule has 11 heavy (non-hydrogen) atoms. The summed E-state index contributed by atoms with van der Waals surface area (Å²) in [5, 5.41) is 0. The molecule has 0 bridgehead atoms. The Kier molecular flexibility index (Phi) is 6.74. The minimum absolute atomic E-state index is 0.0460. The average molecular weight is 192 g/mol. The van der Waals surface area contributed by atoms with E-state index < -0.39 is 19.5 Å². The maximum atomic E-state index is 11.4. The molecule has 0 heterocycles. The molecule has 68 valence electrons. The highest BCUT2D eigenvalue weighted by molar-refractivity contribution is 7.94. The number of halogens is 4. The Morgan fingerprint density at radius 2 is 1.73 bits per heavy atom. The molecule has 0 aromatic heterocycles. The van der Waals surface area contributed by atoms with Crippen LogP contribution in [0.25, 0.3) is 0 Å². The molecule has 0 rings (SSSR count). The molecule has 0 radical (unpaired) electrons. The fourth-order valence-electron chi connectivity index (χ4n) is 0.296. The van der Waals surface area contributed by atoms with Crippen LogP contribution >= 0.6 is 12.0 Å². The molecule has 0 N–H and O–H groups in total. The maximum absolute atomic E-state index is 11.4. The quantitative estimate of drug-likeness (QED) is 0.363. The van der Waals surface area contributed by atoms with E-state index in [2.05, 4.69) is 4.18 Å². The van der Waals surface area contributed by atoms with Crippen molar-refractivity contribution in [3.05, 3.63) is 0 Å². The molecule has 0 aliphatic heterocycles. The molecule has 0 saturated heterocycles. The van der Waals surface area contributed by atoms with Gasteiger partial charge in [0, 0.05) is 12.2 Å². The van der Waals surface area contributed by atoms with E-state index in [4.69, 9.17) is 0 Å². The highest BCUT2D eigenvalue weighted by Crippen LogP contribution is 2.10. The van der Waals surface area contributed by atoms with E-state index in [0.29, 0.717) is 12.0 Å². The van der Waals surface area contributed by atoms with Crippen LogP contribution in [0.15, 0.2) is 0 Å². The lowest BCUT2D eigenvalue weighted by molar-refractivity contribution is 0.0917. The molecule has 0 aliphatic rings. The Morgan fingerprint density at radius 3 is 2.18 bits per heavy atom. The van der Waals surface area contributed by atoms with Crippen molar-refractivity contribution in [2.45, 2.75) is 19.3 Å². The molecule has 0 amide bonds. The average Bonchev–Trinajstić information content (AvgIpc) is 1.85. The highest BCUT2D eigenvalue weighted by atomic mass is 32.2. The third-order valence-corrected chi connectivity index (χ3v) is 1.40. The summed E-state index contributed by atoms with van der Waals surface area (Å²) in [7, 11) is 0. The highest BCUT2D eigenvalue weighted by Gasteiger charge is 2.04. The second-order valence-electron chi connectivity index (χ2n) is 1.68. The van der Waals surface area contributed by atoms with Gasteiger partial charge in [0.2, 0.25) is 6.43 Å². The van der Waals surface area contributed by atoms with Crippen LogP contribution in [-0.4, -0.2) is 25.2 Å². The second-order valence-corrected chi connectivity index (χ2v) is 2.56. The Labute approximate surface area is 66.3 Å². The summed E-state index contributed by atoms with van der Waals surface area (Å²) in [6, 6.07) is 0. The van der Waals surface area contributed by atoms with Crippen LogP contribution in [0.3, 0.4) is 0 Å². The van der Waals surface area contributed by atoms with Gasteiger partial charge >= 0.3 is 0 Å². The number of hydrogen-bond donors (Lipinski definition) is 0. The van der Waals surface area contributed by atoms with Crippen LogP contribution in [0.1, 0.15) is 6.42 Å². The summed E-state index contributed by atoms with van der Waals surface area (Å²) in [5.74, 6) is 0.0460. The molecule has 0 spiro atoms. The molecule has 0 saturated carbocycles. The maximum Gasteiger partial charge on any atom is 0.262 e. The lowest BCUT2D eigenvalue weighted by Gasteiger charge is -2.00. The fraction of sp³-hybridized carbons (Fsp3) is 1.00. The number of hydrogen-bond acceptors (Lipinski definition) is 2. The summed E-state index contributed by atoms with van der Waals surface area (Å²) in [4.78, 5) is 0. The molecule has 6 heteroatoms. The molecule has 0 aliphatic carbocycles.